The highest BCUT2D eigenvalue weighted by Crippen LogP contribution is 2.25. The summed E-state index contributed by atoms with van der Waals surface area (Å²) in [5.41, 5.74) is 3.07. The van der Waals surface area contributed by atoms with Crippen LogP contribution in [0.15, 0.2) is 94.9 Å². The van der Waals surface area contributed by atoms with Gasteiger partial charge in [0.2, 0.25) is 10.0 Å². The number of nitrogens with zero attached hydrogens (tertiary/aromatic N) is 2. The minimum Gasteiger partial charge on any atom is -0.272 e. The molecular weight excluding hydrogens is 524 g/mol. The van der Waals surface area contributed by atoms with E-state index in [1.165, 1.54) is 48.7 Å². The molecule has 0 spiro atoms. The van der Waals surface area contributed by atoms with E-state index in [2.05, 4.69) is 10.5 Å². The SMILES string of the molecule is O=C(CN(Cc1c(F)cccc1Cl)S(=O)(=O)c1ccc(Cl)cc1)NN=Cc1cccc2ccccc12. The van der Waals surface area contributed by atoms with Crippen LogP contribution in [0.25, 0.3) is 10.8 Å². The molecule has 0 atom stereocenters. The third-order valence-electron chi connectivity index (χ3n) is 5.38. The molecule has 0 saturated carbocycles. The van der Waals surface area contributed by atoms with Gasteiger partial charge in [-0.25, -0.2) is 18.2 Å². The third-order valence-corrected chi connectivity index (χ3v) is 7.80. The minimum atomic E-state index is -4.21. The van der Waals surface area contributed by atoms with Gasteiger partial charge in [-0.3, -0.25) is 4.79 Å². The number of benzene rings is 4. The number of fused-ring (bicyclic) bond motifs is 1. The standard InChI is InChI=1S/C26H20Cl2FN3O3S/c27-20-11-13-21(14-12-20)36(34,35)32(16-23-24(28)9-4-10-25(23)29)17-26(33)31-30-15-19-7-3-6-18-5-1-2-8-22(18)19/h1-15H,16-17H2,(H,31,33). The number of hydrogen-bond donors (Lipinski definition) is 1. The predicted octanol–water partition coefficient (Wildman–Crippen LogP) is 5.63. The molecule has 10 heteroatoms. The van der Waals surface area contributed by atoms with Crippen LogP contribution in [-0.2, 0) is 21.4 Å². The second-order valence-electron chi connectivity index (χ2n) is 7.79. The summed E-state index contributed by atoms with van der Waals surface area (Å²) >= 11 is 12.0. The van der Waals surface area contributed by atoms with Crippen LogP contribution in [0.2, 0.25) is 10.0 Å². The van der Waals surface area contributed by atoms with Crippen LogP contribution < -0.4 is 5.43 Å². The molecule has 0 aliphatic carbocycles. The molecule has 0 aliphatic rings. The van der Waals surface area contributed by atoms with Crippen molar-refractivity contribution in [3.63, 3.8) is 0 Å². The zero-order valence-electron chi connectivity index (χ0n) is 18.7. The number of sulfonamides is 1. The molecule has 0 radical (unpaired) electrons. The molecule has 4 aromatic carbocycles. The lowest BCUT2D eigenvalue weighted by molar-refractivity contribution is -0.121. The van der Waals surface area contributed by atoms with E-state index < -0.39 is 34.8 Å². The van der Waals surface area contributed by atoms with Gasteiger partial charge in [0.15, 0.2) is 0 Å². The van der Waals surface area contributed by atoms with Crippen molar-refractivity contribution in [2.24, 2.45) is 5.10 Å². The lowest BCUT2D eigenvalue weighted by Gasteiger charge is -2.22. The molecule has 4 rings (SSSR count). The number of carbonyl (C=O) groups is 1. The van der Waals surface area contributed by atoms with Crippen molar-refractivity contribution in [1.29, 1.82) is 0 Å². The van der Waals surface area contributed by atoms with Crippen molar-refractivity contribution in [3.05, 3.63) is 112 Å². The third kappa shape index (κ3) is 5.91. The van der Waals surface area contributed by atoms with E-state index in [1.54, 1.807) is 0 Å². The van der Waals surface area contributed by atoms with Gasteiger partial charge in [0, 0.05) is 27.7 Å². The van der Waals surface area contributed by atoms with Crippen LogP contribution in [-0.4, -0.2) is 31.4 Å². The smallest absolute Gasteiger partial charge is 0.255 e. The van der Waals surface area contributed by atoms with Crippen LogP contribution >= 0.6 is 23.2 Å². The fraction of sp³-hybridized carbons (Fsp3) is 0.0769. The van der Waals surface area contributed by atoms with Gasteiger partial charge in [0.25, 0.3) is 5.91 Å². The van der Waals surface area contributed by atoms with Gasteiger partial charge in [0.05, 0.1) is 17.7 Å². The molecule has 4 aromatic rings. The quantitative estimate of drug-likeness (QED) is 0.231. The molecule has 1 amide bonds. The van der Waals surface area contributed by atoms with Crippen molar-refractivity contribution in [2.75, 3.05) is 6.54 Å². The maximum atomic E-state index is 14.5. The van der Waals surface area contributed by atoms with Crippen molar-refractivity contribution < 1.29 is 17.6 Å². The molecule has 6 nitrogen and oxygen atoms in total. The van der Waals surface area contributed by atoms with Gasteiger partial charge in [-0.05, 0) is 47.2 Å². The Hall–Kier alpha value is -3.30. The Balaban J connectivity index is 1.58. The van der Waals surface area contributed by atoms with E-state index in [0.29, 0.717) is 5.02 Å². The first-order chi connectivity index (χ1) is 17.3. The van der Waals surface area contributed by atoms with Crippen molar-refractivity contribution in [2.45, 2.75) is 11.4 Å². The molecule has 0 unspecified atom stereocenters. The van der Waals surface area contributed by atoms with Crippen LogP contribution in [0.5, 0.6) is 0 Å². The second kappa shape index (κ2) is 11.2. The summed E-state index contributed by atoms with van der Waals surface area (Å²) in [6.07, 6.45) is 1.48. The maximum absolute atomic E-state index is 14.5. The van der Waals surface area contributed by atoms with Gasteiger partial charge in [-0.1, -0.05) is 71.7 Å². The first-order valence-corrected chi connectivity index (χ1v) is 12.9. The van der Waals surface area contributed by atoms with Crippen LogP contribution in [0.1, 0.15) is 11.1 Å². The first-order valence-electron chi connectivity index (χ1n) is 10.7. The Morgan fingerprint density at radius 1 is 0.944 bits per heavy atom. The fourth-order valence-electron chi connectivity index (χ4n) is 3.57. The largest absolute Gasteiger partial charge is 0.272 e. The summed E-state index contributed by atoms with van der Waals surface area (Å²) in [6, 6.07) is 22.8. The van der Waals surface area contributed by atoms with Crippen LogP contribution in [0.3, 0.4) is 0 Å². The molecule has 0 aromatic heterocycles. The summed E-state index contributed by atoms with van der Waals surface area (Å²) < 4.78 is 42.0. The molecule has 1 N–H and O–H groups in total. The van der Waals surface area contributed by atoms with E-state index in [1.807, 2.05) is 42.5 Å². The molecule has 0 bridgehead atoms. The maximum Gasteiger partial charge on any atom is 0.255 e. The van der Waals surface area contributed by atoms with E-state index >= 15 is 0 Å². The topological polar surface area (TPSA) is 78.8 Å². The Morgan fingerprint density at radius 2 is 1.64 bits per heavy atom. The number of amides is 1. The normalized spacial score (nSPS) is 11.9. The number of halogens is 3. The molecular formula is C26H20Cl2FN3O3S. The highest BCUT2D eigenvalue weighted by molar-refractivity contribution is 7.89. The van der Waals surface area contributed by atoms with Crippen LogP contribution in [0, 0.1) is 5.82 Å². The minimum absolute atomic E-state index is 0.0423. The Labute approximate surface area is 218 Å². The van der Waals surface area contributed by atoms with Crippen molar-refractivity contribution in [3.8, 4) is 0 Å². The number of hydrogen-bond acceptors (Lipinski definition) is 4. The highest BCUT2D eigenvalue weighted by atomic mass is 35.5. The van der Waals surface area contributed by atoms with E-state index in [-0.39, 0.29) is 15.5 Å². The molecule has 0 heterocycles. The second-order valence-corrected chi connectivity index (χ2v) is 10.6. The zero-order chi connectivity index (χ0) is 25.7. The summed E-state index contributed by atoms with van der Waals surface area (Å²) in [5, 5.41) is 6.33. The number of rotatable bonds is 8. The summed E-state index contributed by atoms with van der Waals surface area (Å²) in [7, 11) is -4.21. The van der Waals surface area contributed by atoms with Crippen LogP contribution in [0.4, 0.5) is 4.39 Å². The van der Waals surface area contributed by atoms with Gasteiger partial charge in [-0.2, -0.15) is 9.41 Å². The molecule has 36 heavy (non-hydrogen) atoms. The van der Waals surface area contributed by atoms with E-state index in [9.17, 15) is 17.6 Å². The van der Waals surface area contributed by atoms with E-state index in [4.69, 9.17) is 23.2 Å². The van der Waals surface area contributed by atoms with Crippen molar-refractivity contribution >= 4 is 56.1 Å². The number of nitrogens with one attached hydrogen (secondary N) is 1. The average Bonchev–Trinajstić information content (AvgIpc) is 2.86. The highest BCUT2D eigenvalue weighted by Gasteiger charge is 2.28. The Kier molecular flexibility index (Phi) is 8.01. The van der Waals surface area contributed by atoms with Crippen molar-refractivity contribution in [1.82, 2.24) is 9.73 Å². The average molecular weight is 544 g/mol. The zero-order valence-corrected chi connectivity index (χ0v) is 21.1. The van der Waals surface area contributed by atoms with E-state index in [0.717, 1.165) is 20.6 Å². The fourth-order valence-corrected chi connectivity index (χ4v) is 5.29. The number of carbonyl (C=O) groups excluding carboxylic acids is 1. The lowest BCUT2D eigenvalue weighted by atomic mass is 10.1. The van der Waals surface area contributed by atoms with Gasteiger partial charge in [0.1, 0.15) is 5.82 Å². The summed E-state index contributed by atoms with van der Waals surface area (Å²) in [4.78, 5) is 12.6. The number of hydrazone groups is 1. The molecule has 0 saturated heterocycles. The summed E-state index contributed by atoms with van der Waals surface area (Å²) in [6.45, 7) is -1.08. The summed E-state index contributed by atoms with van der Waals surface area (Å²) in [5.74, 6) is -1.40. The Morgan fingerprint density at radius 3 is 2.39 bits per heavy atom. The monoisotopic (exact) mass is 543 g/mol. The molecule has 184 valence electrons. The lowest BCUT2D eigenvalue weighted by Crippen LogP contribution is -2.39. The first kappa shape index (κ1) is 25.8. The molecule has 0 aliphatic heterocycles. The van der Waals surface area contributed by atoms with Gasteiger partial charge < -0.3 is 0 Å². The molecule has 0 fully saturated rings. The van der Waals surface area contributed by atoms with Gasteiger partial charge in [-0.15, -0.1) is 0 Å². The predicted molar refractivity (Wildman–Crippen MR) is 140 cm³/mol. The van der Waals surface area contributed by atoms with Gasteiger partial charge >= 0.3 is 0 Å². The Bertz CT molecular complexity index is 1520.